The van der Waals surface area contributed by atoms with Crippen molar-refractivity contribution in [2.24, 2.45) is 0 Å². The Morgan fingerprint density at radius 1 is 1.45 bits per heavy atom. The third-order valence-electron chi connectivity index (χ3n) is 1.98. The Morgan fingerprint density at radius 3 is 3.00 bits per heavy atom. The van der Waals surface area contributed by atoms with Crippen LogP contribution in [0.2, 0.25) is 0 Å². The monoisotopic (exact) mass is 142 g/mol. The lowest BCUT2D eigenvalue weighted by molar-refractivity contribution is 0.503. The van der Waals surface area contributed by atoms with E-state index in [2.05, 4.69) is 36.5 Å². The number of benzene rings is 1. The molecule has 1 aliphatic heterocycles. The molecule has 0 bridgehead atoms. The second-order valence-electron chi connectivity index (χ2n) is 2.76. The van der Waals surface area contributed by atoms with Gasteiger partial charge in [0.1, 0.15) is 0 Å². The molecule has 0 aromatic heterocycles. The van der Waals surface area contributed by atoms with Crippen molar-refractivity contribution in [3.05, 3.63) is 36.8 Å². The van der Waals surface area contributed by atoms with Crippen molar-refractivity contribution >= 4 is 12.9 Å². The zero-order chi connectivity index (χ0) is 7.68. The molecule has 0 unspecified atom stereocenters. The molecule has 0 N–H and O–H groups in total. The fourth-order valence-electron chi connectivity index (χ4n) is 1.38. The molecule has 0 saturated heterocycles. The van der Waals surface area contributed by atoms with E-state index in [1.165, 1.54) is 11.0 Å². The highest BCUT2D eigenvalue weighted by Gasteiger charge is 2.17. The van der Waals surface area contributed by atoms with Gasteiger partial charge in [-0.2, -0.15) is 0 Å². The second-order valence-corrected chi connectivity index (χ2v) is 2.76. The van der Waals surface area contributed by atoms with Crippen LogP contribution in [0.4, 0.5) is 0 Å². The van der Waals surface area contributed by atoms with E-state index in [0.717, 1.165) is 6.54 Å². The Morgan fingerprint density at radius 2 is 2.27 bits per heavy atom. The van der Waals surface area contributed by atoms with Crippen molar-refractivity contribution in [2.75, 3.05) is 6.54 Å². The number of rotatable bonds is 1. The maximum absolute atomic E-state index is 5.51. The lowest BCUT2D eigenvalue weighted by atomic mass is 9.83. The predicted molar refractivity (Wildman–Crippen MR) is 46.5 cm³/mol. The topological polar surface area (TPSA) is 3.24 Å². The summed E-state index contributed by atoms with van der Waals surface area (Å²) in [5, 5.41) is 0. The first-order chi connectivity index (χ1) is 5.40. The van der Waals surface area contributed by atoms with E-state index in [4.69, 9.17) is 6.92 Å². The van der Waals surface area contributed by atoms with E-state index in [-0.39, 0.29) is 0 Å². The molecule has 0 fully saturated rings. The van der Waals surface area contributed by atoms with Crippen molar-refractivity contribution in [1.29, 1.82) is 0 Å². The van der Waals surface area contributed by atoms with Crippen LogP contribution in [-0.4, -0.2) is 18.8 Å². The summed E-state index contributed by atoms with van der Waals surface area (Å²) in [6.07, 6.45) is 0. The average molecular weight is 142 g/mol. The van der Waals surface area contributed by atoms with Crippen LogP contribution in [0.1, 0.15) is 5.56 Å². The molecule has 0 atom stereocenters. The smallest absolute Gasteiger partial charge is 0.248 e. The maximum atomic E-state index is 5.51. The van der Waals surface area contributed by atoms with Gasteiger partial charge in [0.05, 0.1) is 0 Å². The number of hydrogen-bond acceptors (Lipinski definition) is 1. The average Bonchev–Trinajstić information content (AvgIpc) is 2.46. The van der Waals surface area contributed by atoms with E-state index < -0.39 is 0 Å². The Balaban J connectivity index is 2.27. The Bertz CT molecular complexity index is 234. The summed E-state index contributed by atoms with van der Waals surface area (Å²) in [6, 6.07) is 8.37. The van der Waals surface area contributed by atoms with Gasteiger partial charge in [-0.3, -0.25) is 0 Å². The van der Waals surface area contributed by atoms with Gasteiger partial charge in [-0.15, -0.1) is 0 Å². The van der Waals surface area contributed by atoms with Crippen LogP contribution < -0.4 is 5.46 Å². The first-order valence-electron chi connectivity index (χ1n) is 3.77. The SMILES string of the molecule is [CH]CN1[B]c2ccccc2C1. The van der Waals surface area contributed by atoms with Crippen LogP contribution in [0, 0.1) is 6.92 Å². The summed E-state index contributed by atoms with van der Waals surface area (Å²) in [5.41, 5.74) is 2.68. The van der Waals surface area contributed by atoms with Gasteiger partial charge in [0.15, 0.2) is 0 Å². The van der Waals surface area contributed by atoms with Crippen molar-refractivity contribution < 1.29 is 0 Å². The first-order valence-corrected chi connectivity index (χ1v) is 3.77. The van der Waals surface area contributed by atoms with Crippen molar-refractivity contribution in [3.8, 4) is 0 Å². The predicted octanol–water partition coefficient (Wildman–Crippen LogP) is 0.458. The molecule has 3 radical (unpaired) electrons. The Kier molecular flexibility index (Phi) is 1.70. The first kappa shape index (κ1) is 6.92. The van der Waals surface area contributed by atoms with E-state index in [1.807, 2.05) is 0 Å². The van der Waals surface area contributed by atoms with E-state index in [9.17, 15) is 0 Å². The second kappa shape index (κ2) is 2.70. The van der Waals surface area contributed by atoms with Crippen molar-refractivity contribution in [2.45, 2.75) is 6.54 Å². The van der Waals surface area contributed by atoms with E-state index >= 15 is 0 Å². The zero-order valence-electron chi connectivity index (χ0n) is 6.33. The summed E-state index contributed by atoms with van der Waals surface area (Å²) < 4.78 is 0. The molecule has 1 aromatic carbocycles. The van der Waals surface area contributed by atoms with Crippen LogP contribution in [0.25, 0.3) is 0 Å². The van der Waals surface area contributed by atoms with Gasteiger partial charge in [0, 0.05) is 6.54 Å². The molecule has 0 saturated carbocycles. The van der Waals surface area contributed by atoms with Gasteiger partial charge >= 0.3 is 0 Å². The zero-order valence-corrected chi connectivity index (χ0v) is 6.33. The minimum atomic E-state index is 0.606. The summed E-state index contributed by atoms with van der Waals surface area (Å²) >= 11 is 0. The maximum Gasteiger partial charge on any atom is 0.248 e. The van der Waals surface area contributed by atoms with E-state index in [1.54, 1.807) is 0 Å². The van der Waals surface area contributed by atoms with Gasteiger partial charge in [0.25, 0.3) is 0 Å². The van der Waals surface area contributed by atoms with Crippen LogP contribution >= 0.6 is 0 Å². The van der Waals surface area contributed by atoms with Gasteiger partial charge in [-0.25, -0.2) is 0 Å². The lowest BCUT2D eigenvalue weighted by Gasteiger charge is -2.08. The standard InChI is InChI=1S/C9H9BN/c1-2-11-7-8-5-3-4-6-9(8)10-11/h1,3-6H,2,7H2. The lowest BCUT2D eigenvalue weighted by Crippen LogP contribution is -2.26. The molecule has 1 aliphatic rings. The molecule has 0 spiro atoms. The number of nitrogens with zero attached hydrogens (tertiary/aromatic N) is 1. The summed E-state index contributed by atoms with van der Waals surface area (Å²) in [5.74, 6) is 0. The molecule has 1 heterocycles. The van der Waals surface area contributed by atoms with Crippen LogP contribution in [0.15, 0.2) is 24.3 Å². The highest BCUT2D eigenvalue weighted by Crippen LogP contribution is 2.07. The van der Waals surface area contributed by atoms with Crippen LogP contribution in [0.3, 0.4) is 0 Å². The summed E-state index contributed by atoms with van der Waals surface area (Å²) in [6.45, 7) is 7.08. The Labute approximate surface area is 68.3 Å². The Hall–Kier alpha value is -0.755. The van der Waals surface area contributed by atoms with Gasteiger partial charge in [0.2, 0.25) is 7.41 Å². The third-order valence-corrected chi connectivity index (χ3v) is 1.98. The normalized spacial score (nSPS) is 16.1. The molecule has 53 valence electrons. The molecular formula is C9H9BN. The molecule has 11 heavy (non-hydrogen) atoms. The minimum absolute atomic E-state index is 0.606. The third kappa shape index (κ3) is 1.18. The molecule has 0 aliphatic carbocycles. The van der Waals surface area contributed by atoms with Crippen LogP contribution in [0.5, 0.6) is 0 Å². The summed E-state index contributed by atoms with van der Waals surface area (Å²) in [7, 11) is 2.11. The quantitative estimate of drug-likeness (QED) is 0.514. The van der Waals surface area contributed by atoms with Crippen molar-refractivity contribution in [1.82, 2.24) is 4.81 Å². The largest absolute Gasteiger partial charge is 0.338 e. The molecule has 1 aromatic rings. The van der Waals surface area contributed by atoms with Gasteiger partial charge in [-0.1, -0.05) is 29.7 Å². The van der Waals surface area contributed by atoms with E-state index in [0.29, 0.717) is 6.54 Å². The van der Waals surface area contributed by atoms with Gasteiger partial charge < -0.3 is 4.81 Å². The molecule has 2 rings (SSSR count). The molecular weight excluding hydrogens is 133 g/mol. The fourth-order valence-corrected chi connectivity index (χ4v) is 1.38. The fraction of sp³-hybridized carbons (Fsp3) is 0.222. The van der Waals surface area contributed by atoms with Crippen LogP contribution in [-0.2, 0) is 6.54 Å². The number of hydrogen-bond donors (Lipinski definition) is 0. The molecule has 2 heteroatoms. The highest BCUT2D eigenvalue weighted by molar-refractivity contribution is 6.52. The van der Waals surface area contributed by atoms with Crippen molar-refractivity contribution in [3.63, 3.8) is 0 Å². The molecule has 0 amide bonds. The van der Waals surface area contributed by atoms with Gasteiger partial charge in [-0.05, 0) is 19.0 Å². The number of fused-ring (bicyclic) bond motifs is 1. The summed E-state index contributed by atoms with van der Waals surface area (Å²) in [4.78, 5) is 2.10. The molecule has 1 nitrogen and oxygen atoms in total. The highest BCUT2D eigenvalue weighted by atomic mass is 15.0. The minimum Gasteiger partial charge on any atom is -0.338 e.